The van der Waals surface area contributed by atoms with Gasteiger partial charge in [-0.2, -0.15) is 0 Å². The number of aliphatic hydroxyl groups is 1. The average Bonchev–Trinajstić information content (AvgIpc) is 2.97. The van der Waals surface area contributed by atoms with E-state index < -0.39 is 12.1 Å². The number of aliphatic hydroxyl groups excluding tert-OH is 1. The van der Waals surface area contributed by atoms with Gasteiger partial charge < -0.3 is 24.5 Å². The third-order valence-corrected chi connectivity index (χ3v) is 7.10. The predicted octanol–water partition coefficient (Wildman–Crippen LogP) is 2.84. The smallest absolute Gasteiger partial charge is 0.259 e. The Balaban J connectivity index is 1.67. The van der Waals surface area contributed by atoms with Gasteiger partial charge in [0.15, 0.2) is 0 Å². The Bertz CT molecular complexity index is 1360. The molecule has 3 atom stereocenters. The van der Waals surface area contributed by atoms with Crippen LogP contribution in [-0.2, 0) is 0 Å². The summed E-state index contributed by atoms with van der Waals surface area (Å²) in [5.74, 6) is -0.592. The van der Waals surface area contributed by atoms with Crippen LogP contribution in [0.3, 0.4) is 0 Å². The standard InChI is InChI=1S/C30H35N5O5/c1-19-16-35(20(2)18-36)30(39)25-13-24(21-8-10-22(11-9-21)28(37)33(3)4)15-32-27(25)40-26(19)17-34(5)29(38)23-7-6-12-31-14-23/h6-15,19-20,26,36H,16-18H2,1-5H3/t19-,20+,26-/m0/s1. The van der Waals surface area contributed by atoms with Gasteiger partial charge in [0.05, 0.1) is 24.8 Å². The number of carbonyl (C=O) groups excluding carboxylic acids is 3. The number of amides is 3. The molecule has 1 N–H and O–H groups in total. The summed E-state index contributed by atoms with van der Waals surface area (Å²) in [6.45, 7) is 4.12. The van der Waals surface area contributed by atoms with E-state index in [9.17, 15) is 19.5 Å². The van der Waals surface area contributed by atoms with E-state index in [1.54, 1.807) is 80.6 Å². The molecule has 3 amide bonds. The number of carbonyl (C=O) groups is 3. The topological polar surface area (TPSA) is 116 Å². The highest BCUT2D eigenvalue weighted by atomic mass is 16.5. The molecule has 210 valence electrons. The van der Waals surface area contributed by atoms with Gasteiger partial charge in [-0.25, -0.2) is 4.98 Å². The van der Waals surface area contributed by atoms with E-state index in [1.165, 1.54) is 11.1 Å². The molecule has 10 nitrogen and oxygen atoms in total. The molecule has 0 fully saturated rings. The third kappa shape index (κ3) is 6.12. The molecule has 2 aromatic heterocycles. The molecular formula is C30H35N5O5. The van der Waals surface area contributed by atoms with Crippen LogP contribution >= 0.6 is 0 Å². The van der Waals surface area contributed by atoms with Gasteiger partial charge in [-0.15, -0.1) is 0 Å². The normalized spacial score (nSPS) is 17.6. The van der Waals surface area contributed by atoms with E-state index in [1.807, 2.05) is 19.1 Å². The van der Waals surface area contributed by atoms with Gasteiger partial charge >= 0.3 is 0 Å². The molecule has 1 aliphatic rings. The van der Waals surface area contributed by atoms with Gasteiger partial charge in [0.25, 0.3) is 17.7 Å². The van der Waals surface area contributed by atoms with Crippen LogP contribution in [0, 0.1) is 5.92 Å². The highest BCUT2D eigenvalue weighted by molar-refractivity contribution is 5.98. The van der Waals surface area contributed by atoms with Crippen molar-refractivity contribution in [3.63, 3.8) is 0 Å². The van der Waals surface area contributed by atoms with Crippen molar-refractivity contribution in [2.75, 3.05) is 40.8 Å². The maximum atomic E-state index is 13.7. The fourth-order valence-corrected chi connectivity index (χ4v) is 4.60. The summed E-state index contributed by atoms with van der Waals surface area (Å²) in [5.41, 5.74) is 2.76. The lowest BCUT2D eigenvalue weighted by Crippen LogP contribution is -2.50. The molecule has 0 saturated carbocycles. The van der Waals surface area contributed by atoms with Crippen LogP contribution in [0.1, 0.15) is 44.9 Å². The lowest BCUT2D eigenvalue weighted by Gasteiger charge is -2.37. The van der Waals surface area contributed by atoms with Crippen molar-refractivity contribution in [3.05, 3.63) is 77.7 Å². The second kappa shape index (κ2) is 12.3. The van der Waals surface area contributed by atoms with Crippen molar-refractivity contribution in [1.82, 2.24) is 24.7 Å². The van der Waals surface area contributed by atoms with Gasteiger partial charge in [-0.1, -0.05) is 19.1 Å². The maximum absolute atomic E-state index is 13.7. The second-order valence-corrected chi connectivity index (χ2v) is 10.4. The monoisotopic (exact) mass is 545 g/mol. The molecule has 0 radical (unpaired) electrons. The first kappa shape index (κ1) is 28.7. The number of pyridine rings is 2. The lowest BCUT2D eigenvalue weighted by atomic mass is 9.98. The zero-order valence-electron chi connectivity index (χ0n) is 23.4. The molecule has 10 heteroatoms. The van der Waals surface area contributed by atoms with Gasteiger partial charge in [-0.05, 0) is 42.8 Å². The average molecular weight is 546 g/mol. The summed E-state index contributed by atoms with van der Waals surface area (Å²) in [4.78, 5) is 52.3. The summed E-state index contributed by atoms with van der Waals surface area (Å²) in [6.07, 6.45) is 4.29. The number of benzene rings is 1. The number of hydrogen-bond donors (Lipinski definition) is 1. The molecule has 0 unspecified atom stereocenters. The summed E-state index contributed by atoms with van der Waals surface area (Å²) in [7, 11) is 5.09. The maximum Gasteiger partial charge on any atom is 0.259 e. The van der Waals surface area contributed by atoms with Crippen LogP contribution in [0.4, 0.5) is 0 Å². The summed E-state index contributed by atoms with van der Waals surface area (Å²) >= 11 is 0. The number of hydrogen-bond acceptors (Lipinski definition) is 7. The lowest BCUT2D eigenvalue weighted by molar-refractivity contribution is 0.0313. The second-order valence-electron chi connectivity index (χ2n) is 10.4. The Kier molecular flexibility index (Phi) is 8.79. The van der Waals surface area contributed by atoms with Crippen LogP contribution in [-0.4, -0.2) is 100 Å². The molecule has 4 rings (SSSR count). The third-order valence-electron chi connectivity index (χ3n) is 7.10. The number of nitrogens with zero attached hydrogens (tertiary/aromatic N) is 5. The molecule has 0 saturated heterocycles. The minimum Gasteiger partial charge on any atom is -0.472 e. The molecule has 1 aliphatic heterocycles. The van der Waals surface area contributed by atoms with Crippen molar-refractivity contribution in [1.29, 1.82) is 0 Å². The molecule has 0 bridgehead atoms. The van der Waals surface area contributed by atoms with Gasteiger partial charge in [0.1, 0.15) is 11.7 Å². The Labute approximate surface area is 234 Å². The number of aromatic nitrogens is 2. The largest absolute Gasteiger partial charge is 0.472 e. The van der Waals surface area contributed by atoms with Crippen LogP contribution in [0.2, 0.25) is 0 Å². The van der Waals surface area contributed by atoms with Crippen LogP contribution in [0.15, 0.2) is 61.1 Å². The molecule has 3 aromatic rings. The molecule has 0 aliphatic carbocycles. The number of fused-ring (bicyclic) bond motifs is 1. The highest BCUT2D eigenvalue weighted by Gasteiger charge is 2.35. The van der Waals surface area contributed by atoms with Crippen molar-refractivity contribution in [2.45, 2.75) is 26.0 Å². The predicted molar refractivity (Wildman–Crippen MR) is 150 cm³/mol. The Morgan fingerprint density at radius 2 is 1.80 bits per heavy atom. The molecule has 40 heavy (non-hydrogen) atoms. The van der Waals surface area contributed by atoms with E-state index in [4.69, 9.17) is 4.74 Å². The van der Waals surface area contributed by atoms with Gasteiger partial charge in [-0.3, -0.25) is 19.4 Å². The Hall–Kier alpha value is -4.31. The number of likely N-dealkylation sites (N-methyl/N-ethyl adjacent to an activating group) is 1. The van der Waals surface area contributed by atoms with E-state index in [-0.39, 0.29) is 48.2 Å². The molecule has 3 heterocycles. The van der Waals surface area contributed by atoms with Crippen LogP contribution < -0.4 is 4.74 Å². The van der Waals surface area contributed by atoms with E-state index >= 15 is 0 Å². The highest BCUT2D eigenvalue weighted by Crippen LogP contribution is 2.30. The number of ether oxygens (including phenoxy) is 1. The van der Waals surface area contributed by atoms with Gasteiger partial charge in [0, 0.05) is 63.3 Å². The first-order chi connectivity index (χ1) is 19.1. The Morgan fingerprint density at radius 3 is 2.42 bits per heavy atom. The van der Waals surface area contributed by atoms with Crippen molar-refractivity contribution >= 4 is 17.7 Å². The summed E-state index contributed by atoms with van der Waals surface area (Å²) in [6, 6.07) is 11.8. The summed E-state index contributed by atoms with van der Waals surface area (Å²) < 4.78 is 6.33. The van der Waals surface area contributed by atoms with Crippen molar-refractivity contribution in [3.8, 4) is 17.0 Å². The first-order valence-corrected chi connectivity index (χ1v) is 13.2. The Morgan fingerprint density at radius 1 is 1.07 bits per heavy atom. The van der Waals surface area contributed by atoms with E-state index in [0.717, 1.165) is 5.56 Å². The SMILES string of the molecule is C[C@H](CO)N1C[C@H](C)[C@H](CN(C)C(=O)c2cccnc2)Oc2ncc(-c3ccc(C(=O)N(C)C)cc3)cc2C1=O. The van der Waals surface area contributed by atoms with Crippen LogP contribution in [0.5, 0.6) is 5.88 Å². The molecular weight excluding hydrogens is 510 g/mol. The quantitative estimate of drug-likeness (QED) is 0.485. The van der Waals surface area contributed by atoms with Crippen molar-refractivity contribution in [2.24, 2.45) is 5.92 Å². The van der Waals surface area contributed by atoms with Gasteiger partial charge in [0.2, 0.25) is 5.88 Å². The van der Waals surface area contributed by atoms with E-state index in [2.05, 4.69) is 9.97 Å². The minimum atomic E-state index is -0.472. The molecule has 0 spiro atoms. The van der Waals surface area contributed by atoms with Crippen LogP contribution in [0.25, 0.3) is 11.1 Å². The van der Waals surface area contributed by atoms with Crippen molar-refractivity contribution < 1.29 is 24.2 Å². The fourth-order valence-electron chi connectivity index (χ4n) is 4.60. The zero-order valence-corrected chi connectivity index (χ0v) is 23.4. The molecule has 1 aromatic carbocycles. The summed E-state index contributed by atoms with van der Waals surface area (Å²) in [5, 5.41) is 9.92. The number of rotatable bonds is 7. The fraction of sp³-hybridized carbons (Fsp3) is 0.367. The minimum absolute atomic E-state index is 0.104. The first-order valence-electron chi connectivity index (χ1n) is 13.2. The zero-order chi connectivity index (χ0) is 29.0. The van der Waals surface area contributed by atoms with E-state index in [0.29, 0.717) is 23.2 Å².